The van der Waals surface area contributed by atoms with Crippen LogP contribution in [0.3, 0.4) is 0 Å². The molecule has 0 atom stereocenters. The third-order valence-electron chi connectivity index (χ3n) is 2.82. The van der Waals surface area contributed by atoms with Crippen LogP contribution in [0.5, 0.6) is 0 Å². The number of hydrogen-bond acceptors (Lipinski definition) is 2. The van der Waals surface area contributed by atoms with Gasteiger partial charge in [0.25, 0.3) is 0 Å². The number of amides is 2. The lowest BCUT2D eigenvalue weighted by Crippen LogP contribution is -2.37. The number of urea groups is 1. The van der Waals surface area contributed by atoms with Gasteiger partial charge in [-0.05, 0) is 38.0 Å². The largest absolute Gasteiger partial charge is 0.478 e. The van der Waals surface area contributed by atoms with E-state index in [2.05, 4.69) is 26.6 Å². The molecule has 18 heavy (non-hydrogen) atoms. The number of rotatable bonds is 3. The fraction of sp³-hybridized carbons (Fsp3) is 0.333. The molecule has 96 valence electrons. The topological polar surface area (TPSA) is 78.4 Å². The SMILES string of the molecule is CC1(NC(=O)Nc2cc(Br)cc(C(=O)O)c2)CC1. The molecule has 1 saturated carbocycles. The zero-order valence-electron chi connectivity index (χ0n) is 9.79. The molecule has 1 aliphatic rings. The molecule has 1 aromatic carbocycles. The summed E-state index contributed by atoms with van der Waals surface area (Å²) >= 11 is 3.21. The van der Waals surface area contributed by atoms with Crippen molar-refractivity contribution in [3.63, 3.8) is 0 Å². The second-order valence-corrected chi connectivity index (χ2v) is 5.59. The Bertz CT molecular complexity index is 512. The number of anilines is 1. The number of carboxylic acid groups (broad SMARTS) is 1. The van der Waals surface area contributed by atoms with E-state index in [1.807, 2.05) is 6.92 Å². The molecule has 0 aliphatic heterocycles. The molecule has 0 saturated heterocycles. The van der Waals surface area contributed by atoms with Gasteiger partial charge in [-0.15, -0.1) is 0 Å². The summed E-state index contributed by atoms with van der Waals surface area (Å²) in [5, 5.41) is 14.4. The Kier molecular flexibility index (Phi) is 3.30. The highest BCUT2D eigenvalue weighted by atomic mass is 79.9. The van der Waals surface area contributed by atoms with Gasteiger partial charge in [0.1, 0.15) is 0 Å². The Morgan fingerprint density at radius 1 is 1.33 bits per heavy atom. The van der Waals surface area contributed by atoms with Gasteiger partial charge in [-0.25, -0.2) is 9.59 Å². The van der Waals surface area contributed by atoms with Gasteiger partial charge < -0.3 is 15.7 Å². The van der Waals surface area contributed by atoms with Crippen molar-refractivity contribution < 1.29 is 14.7 Å². The van der Waals surface area contributed by atoms with Crippen molar-refractivity contribution in [2.24, 2.45) is 0 Å². The van der Waals surface area contributed by atoms with Gasteiger partial charge in [-0.3, -0.25) is 0 Å². The summed E-state index contributed by atoms with van der Waals surface area (Å²) in [5.41, 5.74) is 0.465. The highest BCUT2D eigenvalue weighted by Gasteiger charge is 2.38. The van der Waals surface area contributed by atoms with E-state index in [1.54, 1.807) is 6.07 Å². The molecule has 3 N–H and O–H groups in total. The first kappa shape index (κ1) is 12.9. The lowest BCUT2D eigenvalue weighted by atomic mass is 10.2. The molecule has 0 aromatic heterocycles. The van der Waals surface area contributed by atoms with E-state index in [9.17, 15) is 9.59 Å². The number of nitrogens with one attached hydrogen (secondary N) is 2. The number of halogens is 1. The second kappa shape index (κ2) is 4.61. The van der Waals surface area contributed by atoms with Gasteiger partial charge in [0, 0.05) is 15.7 Å². The maximum atomic E-state index is 11.7. The van der Waals surface area contributed by atoms with Crippen molar-refractivity contribution in [3.8, 4) is 0 Å². The molecule has 2 rings (SSSR count). The summed E-state index contributed by atoms with van der Waals surface area (Å²) in [4.78, 5) is 22.6. The molecular formula is C12H13BrN2O3. The van der Waals surface area contributed by atoms with Crippen LogP contribution in [0.1, 0.15) is 30.1 Å². The summed E-state index contributed by atoms with van der Waals surface area (Å²) in [6.45, 7) is 1.97. The minimum Gasteiger partial charge on any atom is -0.478 e. The summed E-state index contributed by atoms with van der Waals surface area (Å²) in [6.07, 6.45) is 1.94. The molecule has 0 unspecified atom stereocenters. The quantitative estimate of drug-likeness (QED) is 0.803. The van der Waals surface area contributed by atoms with Crippen LogP contribution in [0.15, 0.2) is 22.7 Å². The average Bonchev–Trinajstić information content (AvgIpc) is 2.94. The Morgan fingerprint density at radius 2 is 2.00 bits per heavy atom. The van der Waals surface area contributed by atoms with Gasteiger partial charge >= 0.3 is 12.0 Å². The highest BCUT2D eigenvalue weighted by molar-refractivity contribution is 9.10. The van der Waals surface area contributed by atoms with Gasteiger partial charge in [0.05, 0.1) is 5.56 Å². The van der Waals surface area contributed by atoms with E-state index in [0.29, 0.717) is 10.2 Å². The van der Waals surface area contributed by atoms with Crippen LogP contribution >= 0.6 is 15.9 Å². The number of carbonyl (C=O) groups excluding carboxylic acids is 1. The maximum absolute atomic E-state index is 11.7. The zero-order valence-corrected chi connectivity index (χ0v) is 11.4. The summed E-state index contributed by atoms with van der Waals surface area (Å²) in [5.74, 6) is -1.03. The average molecular weight is 313 g/mol. The molecule has 0 bridgehead atoms. The van der Waals surface area contributed by atoms with Crippen LogP contribution < -0.4 is 10.6 Å². The number of aromatic carboxylic acids is 1. The standard InChI is InChI=1S/C12H13BrN2O3/c1-12(2-3-12)15-11(18)14-9-5-7(10(16)17)4-8(13)6-9/h4-6H,2-3H2,1H3,(H,16,17)(H2,14,15,18). The molecule has 0 heterocycles. The van der Waals surface area contributed by atoms with E-state index < -0.39 is 5.97 Å². The minimum atomic E-state index is -1.03. The minimum absolute atomic E-state index is 0.105. The molecule has 6 heteroatoms. The van der Waals surface area contributed by atoms with Crippen LogP contribution in [0.2, 0.25) is 0 Å². The molecule has 1 aromatic rings. The fourth-order valence-electron chi connectivity index (χ4n) is 1.53. The van der Waals surface area contributed by atoms with Gasteiger partial charge in [-0.1, -0.05) is 15.9 Å². The monoisotopic (exact) mass is 312 g/mol. The molecule has 1 aliphatic carbocycles. The van der Waals surface area contributed by atoms with E-state index in [1.165, 1.54) is 12.1 Å². The molecule has 0 radical (unpaired) electrons. The second-order valence-electron chi connectivity index (χ2n) is 4.67. The Balaban J connectivity index is 2.08. The van der Waals surface area contributed by atoms with Gasteiger partial charge in [-0.2, -0.15) is 0 Å². The zero-order chi connectivity index (χ0) is 13.3. The van der Waals surface area contributed by atoms with Crippen molar-refractivity contribution in [1.29, 1.82) is 0 Å². The normalized spacial score (nSPS) is 15.9. The van der Waals surface area contributed by atoms with Crippen molar-refractivity contribution >= 4 is 33.6 Å². The first-order valence-corrected chi connectivity index (χ1v) is 6.30. The lowest BCUT2D eigenvalue weighted by Gasteiger charge is -2.13. The lowest BCUT2D eigenvalue weighted by molar-refractivity contribution is 0.0697. The predicted molar refractivity (Wildman–Crippen MR) is 70.9 cm³/mol. The summed E-state index contributed by atoms with van der Waals surface area (Å²) in [7, 11) is 0. The van der Waals surface area contributed by atoms with Crippen molar-refractivity contribution in [1.82, 2.24) is 5.32 Å². The van der Waals surface area contributed by atoms with Crippen LogP contribution in [-0.4, -0.2) is 22.6 Å². The summed E-state index contributed by atoms with van der Waals surface area (Å²) in [6, 6.07) is 4.24. The van der Waals surface area contributed by atoms with Crippen molar-refractivity contribution in [3.05, 3.63) is 28.2 Å². The van der Waals surface area contributed by atoms with E-state index in [0.717, 1.165) is 12.8 Å². The maximum Gasteiger partial charge on any atom is 0.335 e. The number of carboxylic acids is 1. The van der Waals surface area contributed by atoms with E-state index >= 15 is 0 Å². The number of hydrogen-bond donors (Lipinski definition) is 3. The highest BCUT2D eigenvalue weighted by Crippen LogP contribution is 2.34. The first-order chi connectivity index (χ1) is 8.38. The summed E-state index contributed by atoms with van der Waals surface area (Å²) < 4.78 is 0.607. The number of benzene rings is 1. The molecule has 5 nitrogen and oxygen atoms in total. The predicted octanol–water partition coefficient (Wildman–Crippen LogP) is 2.82. The van der Waals surface area contributed by atoms with E-state index in [-0.39, 0.29) is 17.1 Å². The van der Waals surface area contributed by atoms with Crippen LogP contribution in [0.25, 0.3) is 0 Å². The third-order valence-corrected chi connectivity index (χ3v) is 3.28. The smallest absolute Gasteiger partial charge is 0.335 e. The van der Waals surface area contributed by atoms with Crippen molar-refractivity contribution in [2.45, 2.75) is 25.3 Å². The van der Waals surface area contributed by atoms with Crippen molar-refractivity contribution in [2.75, 3.05) is 5.32 Å². The molecular weight excluding hydrogens is 300 g/mol. The molecule has 2 amide bonds. The van der Waals surface area contributed by atoms with Crippen LogP contribution in [-0.2, 0) is 0 Å². The van der Waals surface area contributed by atoms with Crippen LogP contribution in [0.4, 0.5) is 10.5 Å². The Morgan fingerprint density at radius 3 is 2.56 bits per heavy atom. The van der Waals surface area contributed by atoms with E-state index in [4.69, 9.17) is 5.11 Å². The first-order valence-electron chi connectivity index (χ1n) is 5.51. The molecule has 0 spiro atoms. The van der Waals surface area contributed by atoms with Gasteiger partial charge in [0.2, 0.25) is 0 Å². The van der Waals surface area contributed by atoms with Gasteiger partial charge in [0.15, 0.2) is 0 Å². The third kappa shape index (κ3) is 3.22. The Labute approximate surface area is 113 Å². The molecule has 1 fully saturated rings. The Hall–Kier alpha value is -1.56. The number of carbonyl (C=O) groups is 2. The fourth-order valence-corrected chi connectivity index (χ4v) is 2.03. The van der Waals surface area contributed by atoms with Crippen LogP contribution in [0, 0.1) is 0 Å².